The summed E-state index contributed by atoms with van der Waals surface area (Å²) >= 11 is 0. The van der Waals surface area contributed by atoms with Crippen molar-refractivity contribution in [2.75, 3.05) is 5.73 Å². The van der Waals surface area contributed by atoms with Crippen molar-refractivity contribution in [1.82, 2.24) is 19.9 Å². The molecule has 0 saturated heterocycles. The SMILES string of the molecule is CCCCc1nc2c(N)nc3ccccc3c2n1Cc1ccc(CNC2CC2)cc1. The topological polar surface area (TPSA) is 68.8 Å². The number of nitrogen functional groups attached to an aromatic ring is 1. The predicted octanol–water partition coefficient (Wildman–Crippen LogP) is 4.81. The summed E-state index contributed by atoms with van der Waals surface area (Å²) < 4.78 is 2.35. The van der Waals surface area contributed by atoms with Crippen LogP contribution in [0.3, 0.4) is 0 Å². The fraction of sp³-hybridized carbons (Fsp3) is 0.360. The minimum Gasteiger partial charge on any atom is -0.382 e. The number of pyridine rings is 1. The van der Waals surface area contributed by atoms with Gasteiger partial charge in [0.25, 0.3) is 0 Å². The number of rotatable bonds is 8. The highest BCUT2D eigenvalue weighted by atomic mass is 15.1. The van der Waals surface area contributed by atoms with Crippen LogP contribution >= 0.6 is 0 Å². The minimum absolute atomic E-state index is 0.515. The fourth-order valence-electron chi connectivity index (χ4n) is 4.10. The molecule has 1 aliphatic rings. The van der Waals surface area contributed by atoms with E-state index in [9.17, 15) is 0 Å². The van der Waals surface area contributed by atoms with Crippen molar-refractivity contribution in [2.24, 2.45) is 0 Å². The normalized spacial score (nSPS) is 14.0. The maximum atomic E-state index is 6.32. The second kappa shape index (κ2) is 8.07. The molecule has 0 atom stereocenters. The number of benzene rings is 2. The van der Waals surface area contributed by atoms with Gasteiger partial charge in [0.1, 0.15) is 11.3 Å². The molecule has 5 nitrogen and oxygen atoms in total. The molecule has 2 aromatic heterocycles. The van der Waals surface area contributed by atoms with E-state index in [1.165, 1.54) is 24.0 Å². The highest BCUT2D eigenvalue weighted by Gasteiger charge is 2.20. The monoisotopic (exact) mass is 399 g/mol. The molecule has 4 aromatic rings. The zero-order valence-corrected chi connectivity index (χ0v) is 17.6. The first-order chi connectivity index (χ1) is 14.7. The number of fused-ring (bicyclic) bond motifs is 3. The van der Waals surface area contributed by atoms with Gasteiger partial charge in [0, 0.05) is 30.9 Å². The van der Waals surface area contributed by atoms with Crippen molar-refractivity contribution in [3.8, 4) is 0 Å². The Hall–Kier alpha value is -2.92. The Morgan fingerprint density at radius 1 is 1.03 bits per heavy atom. The molecule has 0 bridgehead atoms. The van der Waals surface area contributed by atoms with Crippen LogP contribution in [-0.2, 0) is 19.5 Å². The van der Waals surface area contributed by atoms with Crippen LogP contribution in [0.25, 0.3) is 21.9 Å². The Bertz CT molecular complexity index is 1170. The van der Waals surface area contributed by atoms with E-state index in [-0.39, 0.29) is 0 Å². The molecule has 0 unspecified atom stereocenters. The van der Waals surface area contributed by atoms with Crippen molar-refractivity contribution in [2.45, 2.75) is 58.2 Å². The highest BCUT2D eigenvalue weighted by Crippen LogP contribution is 2.30. The average Bonchev–Trinajstić information content (AvgIpc) is 3.53. The molecule has 1 saturated carbocycles. The maximum Gasteiger partial charge on any atom is 0.152 e. The number of aryl methyl sites for hydroxylation is 1. The molecular formula is C25H29N5. The van der Waals surface area contributed by atoms with E-state index >= 15 is 0 Å². The molecule has 1 fully saturated rings. The van der Waals surface area contributed by atoms with E-state index < -0.39 is 0 Å². The number of imidazole rings is 1. The summed E-state index contributed by atoms with van der Waals surface area (Å²) in [4.78, 5) is 9.53. The number of nitrogens with zero attached hydrogens (tertiary/aromatic N) is 3. The van der Waals surface area contributed by atoms with E-state index in [1.54, 1.807) is 0 Å². The van der Waals surface area contributed by atoms with Crippen LogP contribution in [0.4, 0.5) is 5.82 Å². The molecule has 5 heteroatoms. The smallest absolute Gasteiger partial charge is 0.152 e. The first-order valence-corrected chi connectivity index (χ1v) is 11.1. The van der Waals surface area contributed by atoms with Crippen molar-refractivity contribution in [3.63, 3.8) is 0 Å². The van der Waals surface area contributed by atoms with Gasteiger partial charge in [-0.15, -0.1) is 0 Å². The zero-order chi connectivity index (χ0) is 20.5. The summed E-state index contributed by atoms with van der Waals surface area (Å²) in [5.41, 5.74) is 11.8. The third-order valence-corrected chi connectivity index (χ3v) is 5.98. The number of hydrogen-bond donors (Lipinski definition) is 2. The lowest BCUT2D eigenvalue weighted by molar-refractivity contribution is 0.683. The second-order valence-corrected chi connectivity index (χ2v) is 8.40. The number of unbranched alkanes of at least 4 members (excludes halogenated alkanes) is 1. The lowest BCUT2D eigenvalue weighted by Gasteiger charge is -2.12. The van der Waals surface area contributed by atoms with Crippen molar-refractivity contribution in [3.05, 3.63) is 65.5 Å². The Kier molecular flexibility index (Phi) is 5.13. The minimum atomic E-state index is 0.515. The number of hydrogen-bond acceptors (Lipinski definition) is 4. The van der Waals surface area contributed by atoms with Gasteiger partial charge in [0.05, 0.1) is 11.0 Å². The van der Waals surface area contributed by atoms with Crippen LogP contribution in [-0.4, -0.2) is 20.6 Å². The van der Waals surface area contributed by atoms with Crippen LogP contribution in [0.15, 0.2) is 48.5 Å². The van der Waals surface area contributed by atoms with Crippen molar-refractivity contribution < 1.29 is 0 Å². The van der Waals surface area contributed by atoms with E-state index in [0.717, 1.165) is 66.2 Å². The van der Waals surface area contributed by atoms with E-state index in [4.69, 9.17) is 10.7 Å². The summed E-state index contributed by atoms with van der Waals surface area (Å²) in [6.07, 6.45) is 5.83. The standard InChI is InChI=1S/C25H29N5/c1-2-3-8-22-29-23-24(20-6-4-5-7-21(20)28-25(23)26)30(22)16-18-11-9-17(10-12-18)15-27-19-13-14-19/h4-7,9-12,19,27H,2-3,8,13-16H2,1H3,(H2,26,28). The maximum absolute atomic E-state index is 6.32. The number of para-hydroxylation sites is 1. The molecular weight excluding hydrogens is 370 g/mol. The van der Waals surface area contributed by atoms with E-state index in [0.29, 0.717) is 5.82 Å². The van der Waals surface area contributed by atoms with Crippen LogP contribution in [0.1, 0.15) is 49.6 Å². The molecule has 2 heterocycles. The quantitative estimate of drug-likeness (QED) is 0.446. The van der Waals surface area contributed by atoms with Gasteiger partial charge in [0.2, 0.25) is 0 Å². The van der Waals surface area contributed by atoms with Crippen molar-refractivity contribution in [1.29, 1.82) is 0 Å². The largest absolute Gasteiger partial charge is 0.382 e. The van der Waals surface area contributed by atoms with Gasteiger partial charge >= 0.3 is 0 Å². The molecule has 154 valence electrons. The van der Waals surface area contributed by atoms with Gasteiger partial charge in [-0.05, 0) is 36.5 Å². The third-order valence-electron chi connectivity index (χ3n) is 5.98. The van der Waals surface area contributed by atoms with Crippen LogP contribution in [0.5, 0.6) is 0 Å². The van der Waals surface area contributed by atoms with E-state index in [1.807, 2.05) is 12.1 Å². The Balaban J connectivity index is 1.54. The van der Waals surface area contributed by atoms with Gasteiger partial charge in [-0.25, -0.2) is 9.97 Å². The second-order valence-electron chi connectivity index (χ2n) is 8.40. The third kappa shape index (κ3) is 3.77. The van der Waals surface area contributed by atoms with Crippen LogP contribution in [0.2, 0.25) is 0 Å². The van der Waals surface area contributed by atoms with Crippen molar-refractivity contribution >= 4 is 27.8 Å². The number of nitrogens with two attached hydrogens (primary N) is 1. The Morgan fingerprint density at radius 3 is 2.57 bits per heavy atom. The van der Waals surface area contributed by atoms with E-state index in [2.05, 4.69) is 58.2 Å². The van der Waals surface area contributed by atoms with Gasteiger partial charge in [-0.3, -0.25) is 0 Å². The predicted molar refractivity (Wildman–Crippen MR) is 123 cm³/mol. The lowest BCUT2D eigenvalue weighted by atomic mass is 10.1. The molecule has 0 amide bonds. The molecule has 2 aromatic carbocycles. The number of anilines is 1. The number of nitrogens with one attached hydrogen (secondary N) is 1. The Morgan fingerprint density at radius 2 is 1.80 bits per heavy atom. The average molecular weight is 400 g/mol. The molecule has 30 heavy (non-hydrogen) atoms. The molecule has 0 radical (unpaired) electrons. The summed E-state index contributed by atoms with van der Waals surface area (Å²) in [5.74, 6) is 1.61. The zero-order valence-electron chi connectivity index (χ0n) is 17.6. The Labute approximate surface area is 177 Å². The molecule has 1 aliphatic carbocycles. The molecule has 3 N–H and O–H groups in total. The molecule has 5 rings (SSSR count). The fourth-order valence-corrected chi connectivity index (χ4v) is 4.10. The van der Waals surface area contributed by atoms with Gasteiger partial charge in [-0.2, -0.15) is 0 Å². The number of aromatic nitrogens is 3. The molecule has 0 aliphatic heterocycles. The summed E-state index contributed by atoms with van der Waals surface area (Å²) in [6, 6.07) is 17.9. The summed E-state index contributed by atoms with van der Waals surface area (Å²) in [6.45, 7) is 3.96. The first-order valence-electron chi connectivity index (χ1n) is 11.1. The summed E-state index contributed by atoms with van der Waals surface area (Å²) in [5, 5.41) is 4.70. The highest BCUT2D eigenvalue weighted by molar-refractivity contribution is 6.06. The van der Waals surface area contributed by atoms with Gasteiger partial charge in [0.15, 0.2) is 5.82 Å². The van der Waals surface area contributed by atoms with Gasteiger partial charge < -0.3 is 15.6 Å². The van der Waals surface area contributed by atoms with Gasteiger partial charge in [-0.1, -0.05) is 55.8 Å². The van der Waals surface area contributed by atoms with Crippen LogP contribution < -0.4 is 11.1 Å². The van der Waals surface area contributed by atoms with Crippen LogP contribution in [0, 0.1) is 0 Å². The molecule has 0 spiro atoms. The summed E-state index contributed by atoms with van der Waals surface area (Å²) in [7, 11) is 0. The lowest BCUT2D eigenvalue weighted by Crippen LogP contribution is -2.15. The first kappa shape index (κ1) is 19.1.